The van der Waals surface area contributed by atoms with Crippen molar-refractivity contribution in [3.05, 3.63) is 34.9 Å². The molecule has 3 rings (SSSR count). The Morgan fingerprint density at radius 3 is 2.75 bits per heavy atom. The van der Waals surface area contributed by atoms with E-state index in [4.69, 9.17) is 11.6 Å². The summed E-state index contributed by atoms with van der Waals surface area (Å²) in [7, 11) is 1.79. The van der Waals surface area contributed by atoms with E-state index in [1.807, 2.05) is 23.1 Å². The molecule has 1 saturated carbocycles. The van der Waals surface area contributed by atoms with Crippen LogP contribution in [0.2, 0.25) is 5.02 Å². The second-order valence-corrected chi connectivity index (χ2v) is 8.06. The first-order chi connectivity index (χ1) is 13.2. The smallest absolute Gasteiger partial charge is 0.225 e. The molecule has 0 bridgehead atoms. The van der Waals surface area contributed by atoms with Crippen molar-refractivity contribution in [3.8, 4) is 0 Å². The zero-order valence-electron chi connectivity index (χ0n) is 16.6. The van der Waals surface area contributed by atoms with E-state index < -0.39 is 0 Å². The van der Waals surface area contributed by atoms with E-state index in [9.17, 15) is 4.79 Å². The normalized spacial score (nSPS) is 20.6. The molecular weight excluding hydrogens is 487 g/mol. The number of rotatable bonds is 5. The first-order valence-corrected chi connectivity index (χ1v) is 10.5. The zero-order chi connectivity index (χ0) is 19.1. The first kappa shape index (κ1) is 23.3. The molecule has 0 aromatic heterocycles. The fourth-order valence-corrected chi connectivity index (χ4v) is 4.30. The van der Waals surface area contributed by atoms with Gasteiger partial charge in [-0.05, 0) is 43.4 Å². The molecule has 0 spiro atoms. The van der Waals surface area contributed by atoms with Gasteiger partial charge in [-0.3, -0.25) is 9.79 Å². The Kier molecular flexibility index (Phi) is 9.85. The Morgan fingerprint density at radius 2 is 2.04 bits per heavy atom. The predicted molar refractivity (Wildman–Crippen MR) is 127 cm³/mol. The highest BCUT2D eigenvalue weighted by Crippen LogP contribution is 2.26. The molecule has 1 atom stereocenters. The summed E-state index contributed by atoms with van der Waals surface area (Å²) >= 11 is 6.03. The number of nitrogens with one attached hydrogen (secondary N) is 2. The van der Waals surface area contributed by atoms with Crippen LogP contribution in [0.5, 0.6) is 0 Å². The largest absolute Gasteiger partial charge is 0.356 e. The number of carbonyl (C=O) groups is 1. The van der Waals surface area contributed by atoms with Crippen LogP contribution >= 0.6 is 35.6 Å². The fourth-order valence-electron chi connectivity index (χ4n) is 4.09. The molecule has 1 aliphatic heterocycles. The van der Waals surface area contributed by atoms with Gasteiger partial charge in [-0.2, -0.15) is 0 Å². The maximum atomic E-state index is 12.7. The van der Waals surface area contributed by atoms with E-state index in [2.05, 4.69) is 21.7 Å². The number of hydrogen-bond donors (Lipinski definition) is 2. The lowest BCUT2D eigenvalue weighted by atomic mass is 9.88. The van der Waals surface area contributed by atoms with Gasteiger partial charge in [0, 0.05) is 43.7 Å². The van der Waals surface area contributed by atoms with Crippen LogP contribution in [0.4, 0.5) is 0 Å². The molecule has 1 unspecified atom stereocenters. The summed E-state index contributed by atoms with van der Waals surface area (Å²) in [5.74, 6) is 1.42. The highest BCUT2D eigenvalue weighted by atomic mass is 127. The minimum atomic E-state index is 0. The average Bonchev–Trinajstić information content (AvgIpc) is 3.16. The number of hydrogen-bond acceptors (Lipinski definition) is 2. The van der Waals surface area contributed by atoms with Gasteiger partial charge in [0.25, 0.3) is 0 Å². The SMILES string of the molecule is CN=C(NCCc1cccc(Cl)c1)NC1CCN(C(=O)C2CCCCC2)C1.I. The minimum absolute atomic E-state index is 0. The number of likely N-dealkylation sites (tertiary alicyclic amines) is 1. The average molecular weight is 519 g/mol. The number of amides is 1. The van der Waals surface area contributed by atoms with Crippen molar-refractivity contribution in [2.24, 2.45) is 10.9 Å². The molecule has 1 aromatic rings. The van der Waals surface area contributed by atoms with Gasteiger partial charge in [0.2, 0.25) is 5.91 Å². The Morgan fingerprint density at radius 1 is 1.25 bits per heavy atom. The van der Waals surface area contributed by atoms with Crippen LogP contribution in [0.3, 0.4) is 0 Å². The maximum absolute atomic E-state index is 12.7. The topological polar surface area (TPSA) is 56.7 Å². The number of nitrogens with zero attached hydrogens (tertiary/aromatic N) is 2. The van der Waals surface area contributed by atoms with Crippen LogP contribution in [0.25, 0.3) is 0 Å². The molecule has 28 heavy (non-hydrogen) atoms. The lowest BCUT2D eigenvalue weighted by Crippen LogP contribution is -2.46. The summed E-state index contributed by atoms with van der Waals surface area (Å²) in [6.07, 6.45) is 7.70. The van der Waals surface area contributed by atoms with Gasteiger partial charge in [0.15, 0.2) is 5.96 Å². The van der Waals surface area contributed by atoms with Gasteiger partial charge in [-0.1, -0.05) is 43.0 Å². The molecule has 1 aliphatic carbocycles. The molecule has 2 aliphatic rings. The van der Waals surface area contributed by atoms with E-state index >= 15 is 0 Å². The van der Waals surface area contributed by atoms with Crippen molar-refractivity contribution >= 4 is 47.4 Å². The molecule has 1 amide bonds. The van der Waals surface area contributed by atoms with Gasteiger partial charge in [0.05, 0.1) is 0 Å². The van der Waals surface area contributed by atoms with Gasteiger partial charge < -0.3 is 15.5 Å². The lowest BCUT2D eigenvalue weighted by molar-refractivity contribution is -0.135. The number of carbonyl (C=O) groups excluding carboxylic acids is 1. The molecule has 5 nitrogen and oxygen atoms in total. The van der Waals surface area contributed by atoms with Crippen LogP contribution in [-0.4, -0.2) is 49.5 Å². The summed E-state index contributed by atoms with van der Waals surface area (Å²) in [6.45, 7) is 2.42. The summed E-state index contributed by atoms with van der Waals surface area (Å²) in [4.78, 5) is 19.1. The van der Waals surface area contributed by atoms with E-state index in [0.29, 0.717) is 5.91 Å². The summed E-state index contributed by atoms with van der Waals surface area (Å²) in [6, 6.07) is 8.20. The third-order valence-electron chi connectivity index (χ3n) is 5.61. The predicted octanol–water partition coefficient (Wildman–Crippen LogP) is 3.85. The number of aliphatic imine (C=N–C) groups is 1. The second-order valence-electron chi connectivity index (χ2n) is 7.63. The van der Waals surface area contributed by atoms with Crippen LogP contribution in [0, 0.1) is 5.92 Å². The number of halogens is 2. The van der Waals surface area contributed by atoms with E-state index in [0.717, 1.165) is 56.3 Å². The third-order valence-corrected chi connectivity index (χ3v) is 5.85. The summed E-state index contributed by atoms with van der Waals surface area (Å²) in [5, 5.41) is 7.60. The molecular formula is C21H32ClIN4O. The van der Waals surface area contributed by atoms with Crippen molar-refractivity contribution in [1.29, 1.82) is 0 Å². The minimum Gasteiger partial charge on any atom is -0.356 e. The van der Waals surface area contributed by atoms with E-state index in [-0.39, 0.29) is 35.9 Å². The van der Waals surface area contributed by atoms with Crippen molar-refractivity contribution in [2.75, 3.05) is 26.7 Å². The summed E-state index contributed by atoms with van der Waals surface area (Å²) < 4.78 is 0. The number of benzene rings is 1. The molecule has 0 radical (unpaired) electrons. The van der Waals surface area contributed by atoms with Crippen molar-refractivity contribution < 1.29 is 4.79 Å². The standard InChI is InChI=1S/C21H31ClN4O.HI/c1-23-21(24-12-10-16-6-5-9-18(22)14-16)25-19-11-13-26(15-19)20(27)17-7-3-2-4-8-17;/h5-6,9,14,17,19H,2-4,7-8,10-13,15H2,1H3,(H2,23,24,25);1H. The second kappa shape index (κ2) is 11.9. The van der Waals surface area contributed by atoms with Gasteiger partial charge in [0.1, 0.15) is 0 Å². The third kappa shape index (κ3) is 6.79. The number of guanidine groups is 1. The van der Waals surface area contributed by atoms with Crippen LogP contribution in [0.1, 0.15) is 44.1 Å². The van der Waals surface area contributed by atoms with Crippen LogP contribution < -0.4 is 10.6 Å². The fraction of sp³-hybridized carbons (Fsp3) is 0.619. The van der Waals surface area contributed by atoms with Crippen molar-refractivity contribution in [1.82, 2.24) is 15.5 Å². The van der Waals surface area contributed by atoms with Crippen molar-refractivity contribution in [3.63, 3.8) is 0 Å². The molecule has 2 fully saturated rings. The molecule has 156 valence electrons. The monoisotopic (exact) mass is 518 g/mol. The van der Waals surface area contributed by atoms with Crippen LogP contribution in [-0.2, 0) is 11.2 Å². The summed E-state index contributed by atoms with van der Waals surface area (Å²) in [5.41, 5.74) is 1.20. The lowest BCUT2D eigenvalue weighted by Gasteiger charge is -2.26. The first-order valence-electron chi connectivity index (χ1n) is 10.2. The molecule has 2 N–H and O–H groups in total. The molecule has 1 heterocycles. The van der Waals surface area contributed by atoms with Crippen LogP contribution in [0.15, 0.2) is 29.3 Å². The Bertz CT molecular complexity index is 664. The van der Waals surface area contributed by atoms with Gasteiger partial charge >= 0.3 is 0 Å². The molecule has 1 saturated heterocycles. The zero-order valence-corrected chi connectivity index (χ0v) is 19.7. The van der Waals surface area contributed by atoms with Gasteiger partial charge in [-0.15, -0.1) is 24.0 Å². The highest BCUT2D eigenvalue weighted by molar-refractivity contribution is 14.0. The van der Waals surface area contributed by atoms with E-state index in [1.54, 1.807) is 7.05 Å². The van der Waals surface area contributed by atoms with Gasteiger partial charge in [-0.25, -0.2) is 0 Å². The molecule has 1 aromatic carbocycles. The maximum Gasteiger partial charge on any atom is 0.225 e. The Balaban J connectivity index is 0.00000280. The Hall–Kier alpha value is -1.02. The van der Waals surface area contributed by atoms with E-state index in [1.165, 1.54) is 24.8 Å². The van der Waals surface area contributed by atoms with Crippen molar-refractivity contribution in [2.45, 2.75) is 51.0 Å². The molecule has 7 heteroatoms. The Labute approximate surface area is 190 Å². The quantitative estimate of drug-likeness (QED) is 0.354. The highest BCUT2D eigenvalue weighted by Gasteiger charge is 2.31.